The van der Waals surface area contributed by atoms with Gasteiger partial charge >= 0.3 is 6.09 Å². The van der Waals surface area contributed by atoms with Crippen molar-refractivity contribution in [2.24, 2.45) is 0 Å². The predicted molar refractivity (Wildman–Crippen MR) is 64.2 cm³/mol. The topological polar surface area (TPSA) is 75.7 Å². The SMILES string of the molecule is CC(C)(C)OC(=O)N1CC[C@@H](NS(C)(=O)=O)C1. The molecule has 6 nitrogen and oxygen atoms in total. The highest BCUT2D eigenvalue weighted by atomic mass is 32.2. The maximum Gasteiger partial charge on any atom is 0.410 e. The Morgan fingerprint density at radius 3 is 2.47 bits per heavy atom. The van der Waals surface area contributed by atoms with E-state index in [1.54, 1.807) is 20.8 Å². The average molecular weight is 264 g/mol. The van der Waals surface area contributed by atoms with Crippen molar-refractivity contribution in [3.63, 3.8) is 0 Å². The molecule has 0 aromatic heterocycles. The molecule has 0 aromatic rings. The Labute approximate surface area is 102 Å². The van der Waals surface area contributed by atoms with E-state index in [2.05, 4.69) is 4.72 Å². The standard InChI is InChI=1S/C10H20N2O4S/c1-10(2,3)16-9(13)12-6-5-8(7-12)11-17(4,14)15/h8,11H,5-7H2,1-4H3/t8-/m1/s1. The first-order valence-electron chi connectivity index (χ1n) is 5.52. The summed E-state index contributed by atoms with van der Waals surface area (Å²) in [7, 11) is -3.22. The van der Waals surface area contributed by atoms with Crippen LogP contribution in [0.15, 0.2) is 0 Å². The summed E-state index contributed by atoms with van der Waals surface area (Å²) in [6, 6.07) is -0.211. The quantitative estimate of drug-likeness (QED) is 0.790. The molecule has 0 radical (unpaired) electrons. The summed E-state index contributed by atoms with van der Waals surface area (Å²) in [4.78, 5) is 13.2. The first-order valence-corrected chi connectivity index (χ1v) is 7.41. The van der Waals surface area contributed by atoms with E-state index >= 15 is 0 Å². The molecule has 0 saturated carbocycles. The number of carbonyl (C=O) groups excluding carboxylic acids is 1. The molecule has 1 aliphatic rings. The molecule has 0 spiro atoms. The van der Waals surface area contributed by atoms with E-state index in [9.17, 15) is 13.2 Å². The number of hydrogen-bond acceptors (Lipinski definition) is 4. The van der Waals surface area contributed by atoms with Crippen LogP contribution in [0.3, 0.4) is 0 Å². The second kappa shape index (κ2) is 4.81. The second-order valence-electron chi connectivity index (χ2n) is 5.30. The number of nitrogens with zero attached hydrogens (tertiary/aromatic N) is 1. The van der Waals surface area contributed by atoms with Crippen LogP contribution in [-0.2, 0) is 14.8 Å². The smallest absolute Gasteiger partial charge is 0.410 e. The van der Waals surface area contributed by atoms with Crippen LogP contribution >= 0.6 is 0 Å². The summed E-state index contributed by atoms with van der Waals surface area (Å²) in [6.45, 7) is 6.28. The summed E-state index contributed by atoms with van der Waals surface area (Å²) in [5.41, 5.74) is -0.528. The van der Waals surface area contributed by atoms with Crippen molar-refractivity contribution >= 4 is 16.1 Å². The van der Waals surface area contributed by atoms with Gasteiger partial charge in [-0.05, 0) is 27.2 Å². The molecule has 1 amide bonds. The number of carbonyl (C=O) groups is 1. The maximum atomic E-state index is 11.7. The largest absolute Gasteiger partial charge is 0.444 e. The van der Waals surface area contributed by atoms with Gasteiger partial charge in [0.25, 0.3) is 0 Å². The molecule has 1 atom stereocenters. The molecular weight excluding hydrogens is 244 g/mol. The van der Waals surface area contributed by atoms with E-state index in [4.69, 9.17) is 4.74 Å². The zero-order valence-electron chi connectivity index (χ0n) is 10.7. The van der Waals surface area contributed by atoms with E-state index in [1.165, 1.54) is 4.90 Å². The van der Waals surface area contributed by atoms with Gasteiger partial charge in [0.15, 0.2) is 0 Å². The molecule has 17 heavy (non-hydrogen) atoms. The molecule has 1 rings (SSSR count). The average Bonchev–Trinajstić information content (AvgIpc) is 2.45. The van der Waals surface area contributed by atoms with Crippen LogP contribution < -0.4 is 4.72 Å². The molecular formula is C10H20N2O4S. The van der Waals surface area contributed by atoms with Crippen LogP contribution in [0.5, 0.6) is 0 Å². The van der Waals surface area contributed by atoms with E-state index in [1.807, 2.05) is 0 Å². The summed E-state index contributed by atoms with van der Waals surface area (Å²) in [6.07, 6.45) is 1.34. The summed E-state index contributed by atoms with van der Waals surface area (Å²) < 4.78 is 29.8. The zero-order chi connectivity index (χ0) is 13.3. The first kappa shape index (κ1) is 14.2. The van der Waals surface area contributed by atoms with Crippen LogP contribution in [-0.4, -0.2) is 50.4 Å². The van der Waals surface area contributed by atoms with Crippen molar-refractivity contribution in [3.05, 3.63) is 0 Å². The summed E-state index contributed by atoms with van der Waals surface area (Å²) >= 11 is 0. The van der Waals surface area contributed by atoms with E-state index in [0.29, 0.717) is 19.5 Å². The Balaban J connectivity index is 2.48. The molecule has 1 saturated heterocycles. The Kier molecular flexibility index (Phi) is 4.03. The number of ether oxygens (including phenoxy) is 1. The first-order chi connectivity index (χ1) is 7.57. The van der Waals surface area contributed by atoms with Crippen LogP contribution in [0.25, 0.3) is 0 Å². The van der Waals surface area contributed by atoms with Crippen molar-refractivity contribution in [1.29, 1.82) is 0 Å². The molecule has 1 fully saturated rings. The lowest BCUT2D eigenvalue weighted by molar-refractivity contribution is 0.0292. The molecule has 1 heterocycles. The number of amides is 1. The zero-order valence-corrected chi connectivity index (χ0v) is 11.5. The highest BCUT2D eigenvalue weighted by molar-refractivity contribution is 7.88. The van der Waals surface area contributed by atoms with E-state index in [-0.39, 0.29) is 6.04 Å². The van der Waals surface area contributed by atoms with Crippen molar-refractivity contribution in [3.8, 4) is 0 Å². The normalized spacial score (nSPS) is 21.6. The van der Waals surface area contributed by atoms with Gasteiger partial charge in [-0.25, -0.2) is 17.9 Å². The van der Waals surface area contributed by atoms with Gasteiger partial charge in [0, 0.05) is 19.1 Å². The van der Waals surface area contributed by atoms with Crippen molar-refractivity contribution in [2.75, 3.05) is 19.3 Å². The predicted octanol–water partition coefficient (Wildman–Crippen LogP) is 0.545. The monoisotopic (exact) mass is 264 g/mol. The second-order valence-corrected chi connectivity index (χ2v) is 7.08. The van der Waals surface area contributed by atoms with Crippen molar-refractivity contribution in [1.82, 2.24) is 9.62 Å². The third-order valence-electron chi connectivity index (χ3n) is 2.22. The van der Waals surface area contributed by atoms with Gasteiger partial charge < -0.3 is 9.64 Å². The number of sulfonamides is 1. The number of rotatable bonds is 2. The van der Waals surface area contributed by atoms with Crippen LogP contribution in [0.1, 0.15) is 27.2 Å². The van der Waals surface area contributed by atoms with Crippen molar-refractivity contribution < 1.29 is 17.9 Å². The van der Waals surface area contributed by atoms with E-state index in [0.717, 1.165) is 6.26 Å². The molecule has 0 bridgehead atoms. The molecule has 7 heteroatoms. The van der Waals surface area contributed by atoms with Gasteiger partial charge in [-0.1, -0.05) is 0 Å². The Hall–Kier alpha value is -0.820. The summed E-state index contributed by atoms with van der Waals surface area (Å²) in [5.74, 6) is 0. The minimum atomic E-state index is -3.22. The third kappa shape index (κ3) is 5.36. The minimum Gasteiger partial charge on any atom is -0.444 e. The van der Waals surface area contributed by atoms with Gasteiger partial charge in [0.05, 0.1) is 6.26 Å². The van der Waals surface area contributed by atoms with Crippen LogP contribution in [0.2, 0.25) is 0 Å². The maximum absolute atomic E-state index is 11.7. The highest BCUT2D eigenvalue weighted by Gasteiger charge is 2.30. The van der Waals surface area contributed by atoms with Gasteiger partial charge in [0.1, 0.15) is 5.60 Å². The Morgan fingerprint density at radius 1 is 1.41 bits per heavy atom. The molecule has 0 aliphatic carbocycles. The number of likely N-dealkylation sites (tertiary alicyclic amines) is 1. The highest BCUT2D eigenvalue weighted by Crippen LogP contribution is 2.15. The summed E-state index contributed by atoms with van der Waals surface area (Å²) in [5, 5.41) is 0. The number of nitrogens with one attached hydrogen (secondary N) is 1. The molecule has 1 aliphatic heterocycles. The van der Waals surface area contributed by atoms with Crippen LogP contribution in [0, 0.1) is 0 Å². The Morgan fingerprint density at radius 2 is 2.00 bits per heavy atom. The lowest BCUT2D eigenvalue weighted by Crippen LogP contribution is -2.39. The fourth-order valence-electron chi connectivity index (χ4n) is 1.65. The Bertz CT molecular complexity index is 386. The molecule has 0 aromatic carbocycles. The molecule has 1 N–H and O–H groups in total. The fourth-order valence-corrected chi connectivity index (χ4v) is 2.45. The van der Waals surface area contributed by atoms with Crippen molar-refractivity contribution in [2.45, 2.75) is 38.8 Å². The molecule has 100 valence electrons. The minimum absolute atomic E-state index is 0.211. The van der Waals surface area contributed by atoms with Crippen LogP contribution in [0.4, 0.5) is 4.79 Å². The van der Waals surface area contributed by atoms with Gasteiger partial charge in [-0.15, -0.1) is 0 Å². The third-order valence-corrected chi connectivity index (χ3v) is 2.98. The van der Waals surface area contributed by atoms with E-state index < -0.39 is 21.7 Å². The lowest BCUT2D eigenvalue weighted by atomic mass is 10.2. The van der Waals surface area contributed by atoms with Gasteiger partial charge in [-0.2, -0.15) is 0 Å². The van der Waals surface area contributed by atoms with Gasteiger partial charge in [-0.3, -0.25) is 0 Å². The lowest BCUT2D eigenvalue weighted by Gasteiger charge is -2.24. The molecule has 0 unspecified atom stereocenters. The fraction of sp³-hybridized carbons (Fsp3) is 0.900. The van der Waals surface area contributed by atoms with Gasteiger partial charge in [0.2, 0.25) is 10.0 Å². The number of hydrogen-bond donors (Lipinski definition) is 1.